The standard InChI is InChI=1S/C32H46N8O3.C2HF3O2/c33-28(34)24-16-13-22(14-17-24)20-25(23-10-5-2-6-11-23)30(42)40-27(18-15-21-8-3-1-4-9-21)31(43)39-26(29(35)41)12-7-19-38-32(36)37;3-2(4,5)1(6)7/h1,3-4,8-9,13-14,16-17,23,25-27H,2,5-7,10-12,15,18-20H2,(H3,33,34)(H2,35,41)(H,39,43)(H,40,42)(H4,36,37,38);(H,6,7)/t25-,26?,27-;/m0./s1. The minimum Gasteiger partial charge on any atom is -0.475 e. The van der Waals surface area contributed by atoms with Gasteiger partial charge in [-0.2, -0.15) is 13.2 Å². The maximum atomic E-state index is 14.0. The zero-order chi connectivity index (χ0) is 37.3. The second-order valence-electron chi connectivity index (χ2n) is 12.1. The van der Waals surface area contributed by atoms with Crippen LogP contribution in [0.25, 0.3) is 0 Å². The number of nitrogens with two attached hydrogens (primary N) is 4. The molecule has 1 aliphatic rings. The van der Waals surface area contributed by atoms with Gasteiger partial charge >= 0.3 is 12.1 Å². The minimum absolute atomic E-state index is 0.00843. The number of guanidine groups is 1. The van der Waals surface area contributed by atoms with Gasteiger partial charge in [0.25, 0.3) is 0 Å². The number of aliphatic imine (C=N–C) groups is 1. The summed E-state index contributed by atoms with van der Waals surface area (Å²) in [6.07, 6.45) is 2.22. The molecule has 3 atom stereocenters. The smallest absolute Gasteiger partial charge is 0.475 e. The van der Waals surface area contributed by atoms with Crippen molar-refractivity contribution in [2.75, 3.05) is 6.54 Å². The van der Waals surface area contributed by atoms with Crippen molar-refractivity contribution in [3.05, 3.63) is 71.3 Å². The maximum Gasteiger partial charge on any atom is 0.490 e. The number of benzene rings is 2. The van der Waals surface area contributed by atoms with Crippen LogP contribution in [0.15, 0.2) is 59.6 Å². The highest BCUT2D eigenvalue weighted by atomic mass is 19.4. The summed E-state index contributed by atoms with van der Waals surface area (Å²) in [6.45, 7) is 0.298. The lowest BCUT2D eigenvalue weighted by Gasteiger charge is -2.31. The second kappa shape index (κ2) is 20.4. The highest BCUT2D eigenvalue weighted by molar-refractivity contribution is 5.95. The number of nitrogens with one attached hydrogen (secondary N) is 3. The average Bonchev–Trinajstić information content (AvgIpc) is 3.07. The van der Waals surface area contributed by atoms with Crippen molar-refractivity contribution in [3.63, 3.8) is 0 Å². The zero-order valence-corrected chi connectivity index (χ0v) is 27.8. The number of carboxylic acids is 1. The van der Waals surface area contributed by atoms with Crippen molar-refractivity contribution in [2.24, 2.45) is 39.8 Å². The first-order chi connectivity index (χ1) is 23.6. The van der Waals surface area contributed by atoms with Gasteiger partial charge in [-0.1, -0.05) is 73.9 Å². The van der Waals surface area contributed by atoms with Crippen molar-refractivity contribution < 1.29 is 37.5 Å². The summed E-state index contributed by atoms with van der Waals surface area (Å²) in [7, 11) is 0. The average molecular weight is 705 g/mol. The van der Waals surface area contributed by atoms with Crippen LogP contribution in [0.5, 0.6) is 0 Å². The van der Waals surface area contributed by atoms with Gasteiger partial charge in [-0.05, 0) is 62.0 Å². The fraction of sp³-hybridized carbons (Fsp3) is 0.471. The van der Waals surface area contributed by atoms with E-state index in [1.54, 1.807) is 12.1 Å². The molecule has 274 valence electrons. The summed E-state index contributed by atoms with van der Waals surface area (Å²) < 4.78 is 31.7. The number of halogens is 3. The van der Waals surface area contributed by atoms with Crippen LogP contribution in [0.3, 0.4) is 0 Å². The molecule has 50 heavy (non-hydrogen) atoms. The van der Waals surface area contributed by atoms with Crippen LogP contribution in [-0.4, -0.2) is 65.4 Å². The molecule has 0 aliphatic heterocycles. The zero-order valence-electron chi connectivity index (χ0n) is 27.8. The number of nitrogens with zero attached hydrogens (tertiary/aromatic N) is 1. The van der Waals surface area contributed by atoms with Gasteiger partial charge in [0.2, 0.25) is 17.7 Å². The van der Waals surface area contributed by atoms with Gasteiger partial charge in [-0.15, -0.1) is 0 Å². The topological polar surface area (TPSA) is 253 Å². The Bertz CT molecular complexity index is 1450. The summed E-state index contributed by atoms with van der Waals surface area (Å²) >= 11 is 0. The number of carbonyl (C=O) groups is 4. The SMILES string of the molecule is N=C(N)c1ccc(C[C@H](C(=O)N[C@@H](CCc2ccccc2)C(=O)NC(CCCN=C(N)N)C(N)=O)C2CCCCC2)cc1.O=C(O)C(F)(F)F. The number of aliphatic carboxylic acids is 1. The normalized spacial score (nSPS) is 14.9. The quantitative estimate of drug-likeness (QED) is 0.0730. The summed E-state index contributed by atoms with van der Waals surface area (Å²) in [5, 5.41) is 20.6. The predicted molar refractivity (Wildman–Crippen MR) is 183 cm³/mol. The van der Waals surface area contributed by atoms with Gasteiger partial charge in [0, 0.05) is 18.0 Å². The van der Waals surface area contributed by atoms with E-state index in [2.05, 4.69) is 15.6 Å². The Hall–Kier alpha value is -5.15. The Balaban J connectivity index is 0.00000112. The van der Waals surface area contributed by atoms with Crippen LogP contribution in [-0.2, 0) is 32.0 Å². The fourth-order valence-electron chi connectivity index (χ4n) is 5.65. The van der Waals surface area contributed by atoms with Crippen LogP contribution in [0.2, 0.25) is 0 Å². The van der Waals surface area contributed by atoms with E-state index in [-0.39, 0.29) is 36.0 Å². The number of rotatable bonds is 16. The fourth-order valence-corrected chi connectivity index (χ4v) is 5.65. The van der Waals surface area contributed by atoms with E-state index in [9.17, 15) is 27.6 Å². The molecule has 1 unspecified atom stereocenters. The minimum atomic E-state index is -5.08. The van der Waals surface area contributed by atoms with E-state index in [1.807, 2.05) is 42.5 Å². The van der Waals surface area contributed by atoms with Gasteiger partial charge < -0.3 is 38.7 Å². The number of carbonyl (C=O) groups excluding carboxylic acids is 3. The van der Waals surface area contributed by atoms with Crippen LogP contribution >= 0.6 is 0 Å². The van der Waals surface area contributed by atoms with Crippen molar-refractivity contribution in [2.45, 2.75) is 82.5 Å². The lowest BCUT2D eigenvalue weighted by Crippen LogP contribution is -2.54. The predicted octanol–water partition coefficient (Wildman–Crippen LogP) is 2.48. The van der Waals surface area contributed by atoms with Crippen LogP contribution in [0, 0.1) is 17.2 Å². The molecule has 0 aromatic heterocycles. The van der Waals surface area contributed by atoms with E-state index in [0.29, 0.717) is 37.8 Å². The molecule has 2 aromatic rings. The first-order valence-electron chi connectivity index (χ1n) is 16.3. The number of carboxylic acid groups (broad SMARTS) is 1. The molecule has 1 aliphatic carbocycles. The first-order valence-corrected chi connectivity index (χ1v) is 16.3. The third-order valence-electron chi connectivity index (χ3n) is 8.32. The molecule has 0 saturated heterocycles. The summed E-state index contributed by atoms with van der Waals surface area (Å²) in [5.74, 6) is -4.26. The van der Waals surface area contributed by atoms with E-state index in [1.165, 1.54) is 0 Å². The Labute approximate surface area is 288 Å². The molecule has 0 radical (unpaired) electrons. The second-order valence-corrected chi connectivity index (χ2v) is 12.1. The van der Waals surface area contributed by atoms with Crippen LogP contribution < -0.4 is 33.6 Å². The summed E-state index contributed by atoms with van der Waals surface area (Å²) in [4.78, 5) is 52.5. The highest BCUT2D eigenvalue weighted by Crippen LogP contribution is 2.32. The number of hydrogen-bond acceptors (Lipinski definition) is 6. The number of alkyl halides is 3. The van der Waals surface area contributed by atoms with Crippen LogP contribution in [0.1, 0.15) is 68.1 Å². The van der Waals surface area contributed by atoms with Crippen LogP contribution in [0.4, 0.5) is 13.2 Å². The molecule has 0 spiro atoms. The Morgan fingerprint density at radius 3 is 1.94 bits per heavy atom. The van der Waals surface area contributed by atoms with Crippen molar-refractivity contribution in [1.82, 2.24) is 10.6 Å². The van der Waals surface area contributed by atoms with Gasteiger partial charge in [0.15, 0.2) is 5.96 Å². The third-order valence-corrected chi connectivity index (χ3v) is 8.32. The monoisotopic (exact) mass is 704 g/mol. The molecule has 16 heteroatoms. The van der Waals surface area contributed by atoms with Crippen molar-refractivity contribution >= 4 is 35.5 Å². The lowest BCUT2D eigenvalue weighted by atomic mass is 9.76. The Morgan fingerprint density at radius 1 is 0.840 bits per heavy atom. The van der Waals surface area contributed by atoms with E-state index >= 15 is 0 Å². The molecular formula is C34H47F3N8O5. The third kappa shape index (κ3) is 15.0. The van der Waals surface area contributed by atoms with Crippen molar-refractivity contribution in [1.29, 1.82) is 5.41 Å². The molecular weight excluding hydrogens is 657 g/mol. The number of nitrogen functional groups attached to an aromatic ring is 1. The number of aryl methyl sites for hydroxylation is 1. The van der Waals surface area contributed by atoms with E-state index in [0.717, 1.165) is 43.2 Å². The van der Waals surface area contributed by atoms with Gasteiger partial charge in [0.1, 0.15) is 17.9 Å². The van der Waals surface area contributed by atoms with Crippen molar-refractivity contribution in [3.8, 4) is 0 Å². The molecule has 3 rings (SSSR count). The Kier molecular flexibility index (Phi) is 16.7. The Morgan fingerprint density at radius 2 is 1.42 bits per heavy atom. The largest absolute Gasteiger partial charge is 0.490 e. The molecule has 3 amide bonds. The molecule has 2 aromatic carbocycles. The number of hydrogen-bond donors (Lipinski definition) is 8. The molecule has 12 N–H and O–H groups in total. The van der Waals surface area contributed by atoms with Gasteiger partial charge in [0.05, 0.1) is 0 Å². The lowest BCUT2D eigenvalue weighted by molar-refractivity contribution is -0.192. The number of primary amides is 1. The molecule has 1 fully saturated rings. The van der Waals surface area contributed by atoms with E-state index in [4.69, 9.17) is 38.2 Å². The summed E-state index contributed by atoms with van der Waals surface area (Å²) in [5.41, 5.74) is 24.6. The number of amidine groups is 1. The highest BCUT2D eigenvalue weighted by Gasteiger charge is 2.38. The van der Waals surface area contributed by atoms with E-state index < -0.39 is 36.0 Å². The number of amides is 3. The van der Waals surface area contributed by atoms with Gasteiger partial charge in [-0.25, -0.2) is 4.79 Å². The molecule has 1 saturated carbocycles. The first kappa shape index (κ1) is 41.0. The molecule has 0 bridgehead atoms. The summed E-state index contributed by atoms with van der Waals surface area (Å²) in [6, 6.07) is 15.3. The molecule has 13 nitrogen and oxygen atoms in total. The van der Waals surface area contributed by atoms with Gasteiger partial charge in [-0.3, -0.25) is 24.8 Å². The maximum absolute atomic E-state index is 14.0. The molecule has 0 heterocycles.